The van der Waals surface area contributed by atoms with E-state index in [2.05, 4.69) is 10.4 Å². The molecule has 0 bridgehead atoms. The van der Waals surface area contributed by atoms with Crippen molar-refractivity contribution in [2.24, 2.45) is 0 Å². The van der Waals surface area contributed by atoms with Gasteiger partial charge < -0.3 is 10.2 Å². The van der Waals surface area contributed by atoms with Gasteiger partial charge in [-0.05, 0) is 43.2 Å². The van der Waals surface area contributed by atoms with Gasteiger partial charge in [-0.3, -0.25) is 14.4 Å². The number of anilines is 2. The van der Waals surface area contributed by atoms with Crippen LogP contribution in [0.4, 0.5) is 15.8 Å². The van der Waals surface area contributed by atoms with E-state index >= 15 is 0 Å². The summed E-state index contributed by atoms with van der Waals surface area (Å²) in [4.78, 5) is 39.2. The highest BCUT2D eigenvalue weighted by atomic mass is 19.1. The molecular weight excluding hydrogens is 387 g/mol. The second-order valence-electron chi connectivity index (χ2n) is 7.10. The maximum absolute atomic E-state index is 13.7. The summed E-state index contributed by atoms with van der Waals surface area (Å²) in [6.45, 7) is 1.50. The number of nitrogens with zero attached hydrogens (tertiary/aromatic N) is 3. The first-order valence-electron chi connectivity index (χ1n) is 9.48. The SMILES string of the molecule is CC1Cc2ccccc2N1C(=O)c1ccc(=O)n(CC(=O)Nc2ccccc2F)n1. The second kappa shape index (κ2) is 7.90. The van der Waals surface area contributed by atoms with Gasteiger partial charge in [0.25, 0.3) is 11.5 Å². The number of amides is 2. The highest BCUT2D eigenvalue weighted by Crippen LogP contribution is 2.32. The standard InChI is InChI=1S/C22H19FN4O3/c1-14-12-15-6-2-5-9-19(15)27(14)22(30)18-10-11-21(29)26(25-18)13-20(28)24-17-8-4-3-7-16(17)23/h2-11,14H,12-13H2,1H3,(H,24,28). The van der Waals surface area contributed by atoms with E-state index in [0.29, 0.717) is 0 Å². The Balaban J connectivity index is 1.56. The molecule has 1 aliphatic rings. The normalized spacial score (nSPS) is 15.0. The number of para-hydroxylation sites is 2. The minimum atomic E-state index is -0.626. The van der Waals surface area contributed by atoms with E-state index in [1.807, 2.05) is 31.2 Å². The molecule has 0 fully saturated rings. The van der Waals surface area contributed by atoms with Crippen molar-refractivity contribution in [3.63, 3.8) is 0 Å². The third-order valence-electron chi connectivity index (χ3n) is 4.95. The number of hydrogen-bond acceptors (Lipinski definition) is 4. The molecule has 0 saturated carbocycles. The number of fused-ring (bicyclic) bond motifs is 1. The van der Waals surface area contributed by atoms with Gasteiger partial charge in [-0.2, -0.15) is 5.10 Å². The van der Waals surface area contributed by atoms with Gasteiger partial charge in [-0.15, -0.1) is 0 Å². The van der Waals surface area contributed by atoms with E-state index < -0.39 is 23.8 Å². The lowest BCUT2D eigenvalue weighted by molar-refractivity contribution is -0.117. The molecular formula is C22H19FN4O3. The molecule has 1 atom stereocenters. The predicted molar refractivity (Wildman–Crippen MR) is 110 cm³/mol. The summed E-state index contributed by atoms with van der Waals surface area (Å²) in [5.41, 5.74) is 1.40. The van der Waals surface area contributed by atoms with Crippen LogP contribution < -0.4 is 15.8 Å². The third-order valence-corrected chi connectivity index (χ3v) is 4.95. The smallest absolute Gasteiger partial charge is 0.278 e. The first-order chi connectivity index (χ1) is 14.4. The number of aromatic nitrogens is 2. The molecule has 1 N–H and O–H groups in total. The predicted octanol–water partition coefficient (Wildman–Crippen LogP) is 2.61. The number of carbonyl (C=O) groups excluding carboxylic acids is 2. The molecule has 7 nitrogen and oxygen atoms in total. The molecule has 1 aliphatic heterocycles. The third kappa shape index (κ3) is 3.71. The molecule has 0 aliphatic carbocycles. The van der Waals surface area contributed by atoms with Crippen molar-refractivity contribution in [3.8, 4) is 0 Å². The van der Waals surface area contributed by atoms with Gasteiger partial charge in [0.05, 0.1) is 5.69 Å². The summed E-state index contributed by atoms with van der Waals surface area (Å²) in [6, 6.07) is 15.8. The summed E-state index contributed by atoms with van der Waals surface area (Å²) in [6.07, 6.45) is 0.729. The van der Waals surface area contributed by atoms with Crippen LogP contribution in [-0.2, 0) is 17.8 Å². The van der Waals surface area contributed by atoms with E-state index in [4.69, 9.17) is 0 Å². The van der Waals surface area contributed by atoms with E-state index in [1.165, 1.54) is 30.3 Å². The van der Waals surface area contributed by atoms with Crippen molar-refractivity contribution in [3.05, 3.63) is 88.1 Å². The van der Waals surface area contributed by atoms with Crippen LogP contribution >= 0.6 is 0 Å². The van der Waals surface area contributed by atoms with E-state index in [9.17, 15) is 18.8 Å². The fraction of sp³-hybridized carbons (Fsp3) is 0.182. The van der Waals surface area contributed by atoms with Crippen molar-refractivity contribution < 1.29 is 14.0 Å². The number of carbonyl (C=O) groups is 2. The number of halogens is 1. The largest absolute Gasteiger partial charge is 0.322 e. The average molecular weight is 406 g/mol. The first kappa shape index (κ1) is 19.5. The van der Waals surface area contributed by atoms with Gasteiger partial charge >= 0.3 is 0 Å². The zero-order valence-corrected chi connectivity index (χ0v) is 16.2. The van der Waals surface area contributed by atoms with Gasteiger partial charge in [0.2, 0.25) is 5.91 Å². The van der Waals surface area contributed by atoms with E-state index in [-0.39, 0.29) is 23.3 Å². The van der Waals surface area contributed by atoms with E-state index in [1.54, 1.807) is 11.0 Å². The maximum Gasteiger partial charge on any atom is 0.278 e. The van der Waals surface area contributed by atoms with Crippen LogP contribution in [0.3, 0.4) is 0 Å². The molecule has 2 amide bonds. The minimum Gasteiger partial charge on any atom is -0.322 e. The zero-order chi connectivity index (χ0) is 21.3. The molecule has 4 rings (SSSR count). The Labute approximate surface area is 171 Å². The minimum absolute atomic E-state index is 0.00489. The van der Waals surface area contributed by atoms with Gasteiger partial charge in [-0.25, -0.2) is 9.07 Å². The second-order valence-corrected chi connectivity index (χ2v) is 7.10. The zero-order valence-electron chi connectivity index (χ0n) is 16.2. The molecule has 2 heterocycles. The number of nitrogens with one attached hydrogen (secondary N) is 1. The fourth-order valence-electron chi connectivity index (χ4n) is 3.56. The van der Waals surface area contributed by atoms with Crippen LogP contribution in [0.5, 0.6) is 0 Å². The van der Waals surface area contributed by atoms with E-state index in [0.717, 1.165) is 22.4 Å². The molecule has 0 radical (unpaired) electrons. The van der Waals surface area contributed by atoms with Crippen LogP contribution in [-0.4, -0.2) is 27.6 Å². The van der Waals surface area contributed by atoms with Crippen molar-refractivity contribution >= 4 is 23.2 Å². The molecule has 1 unspecified atom stereocenters. The fourth-order valence-corrected chi connectivity index (χ4v) is 3.56. The van der Waals surface area contributed by atoms with Gasteiger partial charge in [0.15, 0.2) is 0 Å². The maximum atomic E-state index is 13.7. The highest BCUT2D eigenvalue weighted by Gasteiger charge is 2.32. The van der Waals surface area contributed by atoms with Crippen LogP contribution in [0.25, 0.3) is 0 Å². The number of rotatable bonds is 4. The molecule has 3 aromatic rings. The highest BCUT2D eigenvalue weighted by molar-refractivity contribution is 6.06. The van der Waals surface area contributed by atoms with Crippen molar-refractivity contribution in [1.29, 1.82) is 0 Å². The van der Waals surface area contributed by atoms with Crippen molar-refractivity contribution in [2.45, 2.75) is 25.9 Å². The summed E-state index contributed by atoms with van der Waals surface area (Å²) < 4.78 is 14.6. The van der Waals surface area contributed by atoms with Gasteiger partial charge in [0.1, 0.15) is 18.1 Å². The molecule has 2 aromatic carbocycles. The molecule has 8 heteroatoms. The topological polar surface area (TPSA) is 84.3 Å². The van der Waals surface area contributed by atoms with Gasteiger partial charge in [0, 0.05) is 17.8 Å². The first-order valence-corrected chi connectivity index (χ1v) is 9.48. The van der Waals surface area contributed by atoms with Crippen molar-refractivity contribution in [2.75, 3.05) is 10.2 Å². The molecule has 30 heavy (non-hydrogen) atoms. The quantitative estimate of drug-likeness (QED) is 0.722. The molecule has 0 saturated heterocycles. The summed E-state index contributed by atoms with van der Waals surface area (Å²) >= 11 is 0. The van der Waals surface area contributed by atoms with Crippen molar-refractivity contribution in [1.82, 2.24) is 9.78 Å². The summed E-state index contributed by atoms with van der Waals surface area (Å²) in [5.74, 6) is -1.56. The summed E-state index contributed by atoms with van der Waals surface area (Å²) in [5, 5.41) is 6.49. The molecule has 0 spiro atoms. The Morgan fingerprint density at radius 1 is 1.10 bits per heavy atom. The van der Waals surface area contributed by atoms with Crippen LogP contribution in [0, 0.1) is 5.82 Å². The lowest BCUT2D eigenvalue weighted by atomic mass is 10.1. The van der Waals surface area contributed by atoms with Crippen LogP contribution in [0.2, 0.25) is 0 Å². The lowest BCUT2D eigenvalue weighted by Crippen LogP contribution is -2.38. The van der Waals surface area contributed by atoms with Crippen LogP contribution in [0.15, 0.2) is 65.5 Å². The lowest BCUT2D eigenvalue weighted by Gasteiger charge is -2.22. The Hall–Kier alpha value is -3.81. The Bertz CT molecular complexity index is 1190. The Morgan fingerprint density at radius 3 is 2.63 bits per heavy atom. The average Bonchev–Trinajstić information content (AvgIpc) is 3.06. The number of hydrogen-bond donors (Lipinski definition) is 1. The Morgan fingerprint density at radius 2 is 1.83 bits per heavy atom. The monoisotopic (exact) mass is 406 g/mol. The molecule has 1 aromatic heterocycles. The molecule has 152 valence electrons. The number of benzene rings is 2. The van der Waals surface area contributed by atoms with Gasteiger partial charge in [-0.1, -0.05) is 30.3 Å². The van der Waals surface area contributed by atoms with Crippen LogP contribution in [0.1, 0.15) is 23.0 Å². The Kier molecular flexibility index (Phi) is 5.14. The summed E-state index contributed by atoms with van der Waals surface area (Å²) in [7, 11) is 0.